The van der Waals surface area contributed by atoms with E-state index in [1.54, 1.807) is 0 Å². The summed E-state index contributed by atoms with van der Waals surface area (Å²) in [6.07, 6.45) is 11.9. The van der Waals surface area contributed by atoms with Crippen molar-refractivity contribution < 1.29 is 35.8 Å². The van der Waals surface area contributed by atoms with Crippen molar-refractivity contribution in [2.75, 3.05) is 6.61 Å². The number of unbranched alkanes of at least 4 members (excludes halogenated alkanes) is 4. The molecule has 8 heteroatoms. The molecular formula is C36H48F6O2. The van der Waals surface area contributed by atoms with Gasteiger partial charge in [-0.25, -0.2) is 8.78 Å². The minimum atomic E-state index is -4.12. The maximum absolute atomic E-state index is 15.0. The molecule has 2 nitrogen and oxygen atoms in total. The predicted molar refractivity (Wildman–Crippen MR) is 161 cm³/mol. The van der Waals surface area contributed by atoms with Gasteiger partial charge < -0.3 is 9.47 Å². The van der Waals surface area contributed by atoms with Crippen molar-refractivity contribution in [1.29, 1.82) is 0 Å². The van der Waals surface area contributed by atoms with E-state index in [4.69, 9.17) is 4.74 Å². The zero-order valence-electron chi connectivity index (χ0n) is 26.2. The first-order chi connectivity index (χ1) is 21.1. The van der Waals surface area contributed by atoms with Gasteiger partial charge in [-0.1, -0.05) is 77.3 Å². The molecule has 0 aliphatic heterocycles. The van der Waals surface area contributed by atoms with Crippen LogP contribution in [0.5, 0.6) is 11.5 Å². The predicted octanol–water partition coefficient (Wildman–Crippen LogP) is 12.0. The van der Waals surface area contributed by atoms with Crippen LogP contribution in [0.25, 0.3) is 0 Å². The number of rotatable bonds is 15. The SMILES string of the molecule is CCCCCC1CCC(c2ccc(OCC(F)(F)Oc3ccc(C4CCC(CCCCC)CC4)c(F)c3F)c(F)c2F)CC1. The highest BCUT2D eigenvalue weighted by Crippen LogP contribution is 2.42. The van der Waals surface area contributed by atoms with E-state index in [0.29, 0.717) is 11.8 Å². The van der Waals surface area contributed by atoms with E-state index in [0.717, 1.165) is 89.2 Å². The van der Waals surface area contributed by atoms with Gasteiger partial charge in [0.05, 0.1) is 0 Å². The van der Waals surface area contributed by atoms with Gasteiger partial charge in [0.2, 0.25) is 11.6 Å². The summed E-state index contributed by atoms with van der Waals surface area (Å²) in [4.78, 5) is 0. The van der Waals surface area contributed by atoms with Crippen molar-refractivity contribution in [3.63, 3.8) is 0 Å². The molecule has 44 heavy (non-hydrogen) atoms. The molecule has 0 aromatic heterocycles. The summed E-state index contributed by atoms with van der Waals surface area (Å²) in [5, 5.41) is 0. The van der Waals surface area contributed by atoms with Crippen LogP contribution < -0.4 is 9.47 Å². The fourth-order valence-corrected chi connectivity index (χ4v) is 7.16. The van der Waals surface area contributed by atoms with E-state index in [2.05, 4.69) is 18.6 Å². The largest absolute Gasteiger partial charge is 0.480 e. The molecule has 2 aliphatic rings. The summed E-state index contributed by atoms with van der Waals surface area (Å²) in [6, 6.07) is 4.84. The highest BCUT2D eigenvalue weighted by molar-refractivity contribution is 5.35. The molecule has 2 saturated carbocycles. The van der Waals surface area contributed by atoms with Crippen LogP contribution in [0.3, 0.4) is 0 Å². The maximum Gasteiger partial charge on any atom is 0.433 e. The molecule has 246 valence electrons. The molecule has 0 saturated heterocycles. The minimum absolute atomic E-state index is 0.132. The van der Waals surface area contributed by atoms with Crippen molar-refractivity contribution in [1.82, 2.24) is 0 Å². The first-order valence-corrected chi connectivity index (χ1v) is 16.8. The van der Waals surface area contributed by atoms with Gasteiger partial charge in [-0.15, -0.1) is 0 Å². The Labute approximate surface area is 258 Å². The van der Waals surface area contributed by atoms with Crippen molar-refractivity contribution in [2.45, 2.75) is 135 Å². The van der Waals surface area contributed by atoms with E-state index in [1.165, 1.54) is 37.8 Å². The van der Waals surface area contributed by atoms with Gasteiger partial charge in [0.25, 0.3) is 0 Å². The molecule has 0 spiro atoms. The van der Waals surface area contributed by atoms with Crippen LogP contribution in [0.4, 0.5) is 26.3 Å². The van der Waals surface area contributed by atoms with Crippen LogP contribution in [0.2, 0.25) is 0 Å². The van der Waals surface area contributed by atoms with Gasteiger partial charge in [0.1, 0.15) is 0 Å². The van der Waals surface area contributed by atoms with E-state index < -0.39 is 47.5 Å². The van der Waals surface area contributed by atoms with Gasteiger partial charge in [0.15, 0.2) is 29.7 Å². The lowest BCUT2D eigenvalue weighted by molar-refractivity contribution is -0.197. The highest BCUT2D eigenvalue weighted by Gasteiger charge is 2.36. The number of benzene rings is 2. The Morgan fingerprint density at radius 1 is 0.591 bits per heavy atom. The Morgan fingerprint density at radius 3 is 1.48 bits per heavy atom. The lowest BCUT2D eigenvalue weighted by Gasteiger charge is -2.29. The molecule has 0 bridgehead atoms. The zero-order chi connectivity index (χ0) is 31.7. The van der Waals surface area contributed by atoms with Crippen LogP contribution in [-0.2, 0) is 0 Å². The summed E-state index contributed by atoms with van der Waals surface area (Å²) in [5.74, 6) is -5.88. The van der Waals surface area contributed by atoms with E-state index in [-0.39, 0.29) is 23.0 Å². The number of halogens is 6. The molecule has 0 unspecified atom stereocenters. The zero-order valence-corrected chi connectivity index (χ0v) is 26.2. The van der Waals surface area contributed by atoms with Crippen molar-refractivity contribution in [3.8, 4) is 11.5 Å². The first-order valence-electron chi connectivity index (χ1n) is 16.8. The smallest absolute Gasteiger partial charge is 0.433 e. The Balaban J connectivity index is 1.31. The number of ether oxygens (including phenoxy) is 2. The van der Waals surface area contributed by atoms with Gasteiger partial charge in [0, 0.05) is 0 Å². The molecule has 0 atom stereocenters. The lowest BCUT2D eigenvalue weighted by atomic mass is 9.77. The summed E-state index contributed by atoms with van der Waals surface area (Å²) in [6.45, 7) is 2.82. The second-order valence-electron chi connectivity index (χ2n) is 13.0. The monoisotopic (exact) mass is 626 g/mol. The van der Waals surface area contributed by atoms with E-state index >= 15 is 0 Å². The molecule has 0 radical (unpaired) electrons. The second-order valence-corrected chi connectivity index (χ2v) is 13.0. The van der Waals surface area contributed by atoms with E-state index in [1.807, 2.05) is 0 Å². The average Bonchev–Trinajstić information content (AvgIpc) is 3.01. The topological polar surface area (TPSA) is 18.5 Å². The highest BCUT2D eigenvalue weighted by atomic mass is 19.3. The quantitative estimate of drug-likeness (QED) is 0.145. The summed E-state index contributed by atoms with van der Waals surface area (Å²) in [7, 11) is 0. The van der Waals surface area contributed by atoms with Crippen LogP contribution in [0.1, 0.15) is 140 Å². The van der Waals surface area contributed by atoms with E-state index in [9.17, 15) is 26.3 Å². The van der Waals surface area contributed by atoms with Crippen molar-refractivity contribution >= 4 is 0 Å². The number of hydrogen-bond acceptors (Lipinski definition) is 2. The van der Waals surface area contributed by atoms with Crippen LogP contribution >= 0.6 is 0 Å². The summed E-state index contributed by atoms with van der Waals surface area (Å²) in [5.41, 5.74) is 0.400. The third-order valence-corrected chi connectivity index (χ3v) is 9.81. The Hall–Kier alpha value is -2.38. The molecular weight excluding hydrogens is 578 g/mol. The first kappa shape index (κ1) is 34.5. The molecule has 0 amide bonds. The number of alkyl halides is 2. The Morgan fingerprint density at radius 2 is 1.02 bits per heavy atom. The normalized spacial score (nSPS) is 22.6. The number of hydrogen-bond donors (Lipinski definition) is 0. The standard InChI is InChI=1S/C36H48F6O2/c1-3-5-7-9-24-11-15-26(16-12-24)28-19-21-30(34(39)32(28)37)43-23-36(41,42)44-31-22-20-29(33(38)35(31)40)27-17-13-25(14-18-27)10-8-6-4-2/h19-22,24-27H,3-18,23H2,1-2H3. The molecule has 2 fully saturated rings. The summed E-state index contributed by atoms with van der Waals surface area (Å²) < 4.78 is 98.3. The minimum Gasteiger partial charge on any atom is -0.480 e. The second kappa shape index (κ2) is 16.3. The van der Waals surface area contributed by atoms with Crippen LogP contribution in [-0.4, -0.2) is 12.7 Å². The molecule has 4 rings (SSSR count). The van der Waals surface area contributed by atoms with Crippen molar-refractivity contribution in [3.05, 3.63) is 58.7 Å². The van der Waals surface area contributed by atoms with Gasteiger partial charge >= 0.3 is 6.11 Å². The van der Waals surface area contributed by atoms with Gasteiger partial charge in [-0.05, 0) is 98.3 Å². The van der Waals surface area contributed by atoms with Crippen molar-refractivity contribution in [2.24, 2.45) is 11.8 Å². The third-order valence-electron chi connectivity index (χ3n) is 9.81. The summed E-state index contributed by atoms with van der Waals surface area (Å²) >= 11 is 0. The molecule has 0 N–H and O–H groups in total. The molecule has 2 aliphatic carbocycles. The van der Waals surface area contributed by atoms with Crippen LogP contribution in [0.15, 0.2) is 24.3 Å². The fourth-order valence-electron chi connectivity index (χ4n) is 7.16. The third kappa shape index (κ3) is 9.09. The fraction of sp³-hybridized carbons (Fsp3) is 0.667. The lowest BCUT2D eigenvalue weighted by Crippen LogP contribution is -2.33. The average molecular weight is 627 g/mol. The van der Waals surface area contributed by atoms with Gasteiger partial charge in [-0.2, -0.15) is 17.6 Å². The molecule has 0 heterocycles. The van der Waals surface area contributed by atoms with Crippen LogP contribution in [0, 0.1) is 35.1 Å². The Bertz CT molecular complexity index is 1190. The maximum atomic E-state index is 15.0. The van der Waals surface area contributed by atoms with Gasteiger partial charge in [-0.3, -0.25) is 0 Å². The molecule has 2 aromatic carbocycles. The Kier molecular flexibility index (Phi) is 12.7. The molecule has 2 aromatic rings.